The molecular formula is C15H19FN4O. The van der Waals surface area contributed by atoms with Crippen LogP contribution in [0.25, 0.3) is 0 Å². The van der Waals surface area contributed by atoms with Gasteiger partial charge in [0.1, 0.15) is 24.0 Å². The summed E-state index contributed by atoms with van der Waals surface area (Å²) in [4.78, 5) is 0. The Labute approximate surface area is 123 Å². The van der Waals surface area contributed by atoms with E-state index < -0.39 is 0 Å². The fourth-order valence-electron chi connectivity index (χ4n) is 2.08. The average molecular weight is 290 g/mol. The molecule has 1 fully saturated rings. The normalized spacial score (nSPS) is 14.4. The van der Waals surface area contributed by atoms with E-state index in [-0.39, 0.29) is 12.4 Å². The lowest BCUT2D eigenvalue weighted by Gasteiger charge is -2.09. The molecule has 2 aromatic rings. The Kier molecular flexibility index (Phi) is 3.88. The molecule has 1 aliphatic rings. The molecule has 0 radical (unpaired) electrons. The van der Waals surface area contributed by atoms with Gasteiger partial charge in [-0.15, -0.1) is 10.2 Å². The number of nitrogens with one attached hydrogen (secondary N) is 1. The predicted molar refractivity (Wildman–Crippen MR) is 76.3 cm³/mol. The fraction of sp³-hybridized carbons (Fsp3) is 0.467. The van der Waals surface area contributed by atoms with Gasteiger partial charge in [0.2, 0.25) is 0 Å². The summed E-state index contributed by atoms with van der Waals surface area (Å²) in [5.41, 5.74) is 0.894. The van der Waals surface area contributed by atoms with Gasteiger partial charge >= 0.3 is 0 Å². The molecule has 0 atom stereocenters. The van der Waals surface area contributed by atoms with Crippen LogP contribution in [0.15, 0.2) is 18.2 Å². The van der Waals surface area contributed by atoms with Crippen molar-refractivity contribution in [3.63, 3.8) is 0 Å². The highest BCUT2D eigenvalue weighted by atomic mass is 19.1. The summed E-state index contributed by atoms with van der Waals surface area (Å²) in [7, 11) is 1.88. The third-order valence-corrected chi connectivity index (χ3v) is 3.65. The molecule has 0 spiro atoms. The van der Waals surface area contributed by atoms with E-state index in [1.807, 2.05) is 24.6 Å². The summed E-state index contributed by atoms with van der Waals surface area (Å²) >= 11 is 0. The lowest BCUT2D eigenvalue weighted by atomic mass is 10.2. The Morgan fingerprint density at radius 2 is 2.14 bits per heavy atom. The molecule has 6 heteroatoms. The average Bonchev–Trinajstić information content (AvgIpc) is 3.23. The van der Waals surface area contributed by atoms with Gasteiger partial charge in [-0.25, -0.2) is 4.39 Å². The van der Waals surface area contributed by atoms with Crippen LogP contribution in [0.4, 0.5) is 4.39 Å². The lowest BCUT2D eigenvalue weighted by Crippen LogP contribution is -2.15. The maximum absolute atomic E-state index is 13.6. The van der Waals surface area contributed by atoms with Crippen molar-refractivity contribution in [2.75, 3.05) is 0 Å². The van der Waals surface area contributed by atoms with Crippen LogP contribution in [-0.4, -0.2) is 20.8 Å². The van der Waals surface area contributed by atoms with Gasteiger partial charge < -0.3 is 14.6 Å². The van der Waals surface area contributed by atoms with Crippen LogP contribution in [0.5, 0.6) is 5.75 Å². The van der Waals surface area contributed by atoms with E-state index in [4.69, 9.17) is 4.74 Å². The summed E-state index contributed by atoms with van der Waals surface area (Å²) in [6.45, 7) is 2.82. The second kappa shape index (κ2) is 5.81. The summed E-state index contributed by atoms with van der Waals surface area (Å²) in [6, 6.07) is 5.39. The molecule has 21 heavy (non-hydrogen) atoms. The Balaban J connectivity index is 1.65. The fourth-order valence-corrected chi connectivity index (χ4v) is 2.08. The first-order valence-corrected chi connectivity index (χ1v) is 7.12. The van der Waals surface area contributed by atoms with Crippen LogP contribution < -0.4 is 10.1 Å². The molecule has 1 N–H and O–H groups in total. The minimum Gasteiger partial charge on any atom is -0.485 e. The van der Waals surface area contributed by atoms with Gasteiger partial charge in [0, 0.05) is 25.7 Å². The highest BCUT2D eigenvalue weighted by molar-refractivity contribution is 5.29. The highest BCUT2D eigenvalue weighted by Crippen LogP contribution is 2.21. The van der Waals surface area contributed by atoms with E-state index in [9.17, 15) is 4.39 Å². The van der Waals surface area contributed by atoms with Crippen molar-refractivity contribution < 1.29 is 9.13 Å². The molecule has 5 nitrogen and oxygen atoms in total. The molecule has 0 aliphatic heterocycles. The molecule has 0 unspecified atom stereocenters. The standard InChI is InChI=1S/C15H19FN4O/c1-10-18-19-15(20(10)2)9-21-14-6-11(5-12(16)7-14)8-17-13-3-4-13/h5-7,13,17H,3-4,8-9H2,1-2H3. The molecule has 112 valence electrons. The molecule has 1 aromatic heterocycles. The van der Waals surface area contributed by atoms with Crippen LogP contribution in [0.1, 0.15) is 30.1 Å². The Bertz CT molecular complexity index is 637. The van der Waals surface area contributed by atoms with Crippen LogP contribution in [-0.2, 0) is 20.2 Å². The van der Waals surface area contributed by atoms with Crippen LogP contribution in [0, 0.1) is 12.7 Å². The molecule has 1 aromatic carbocycles. The Hall–Kier alpha value is -1.95. The SMILES string of the molecule is Cc1nnc(COc2cc(F)cc(CNC3CC3)c2)n1C. The number of hydrogen-bond acceptors (Lipinski definition) is 4. The van der Waals surface area contributed by atoms with Gasteiger partial charge in [-0.2, -0.15) is 0 Å². The molecule has 1 heterocycles. The van der Waals surface area contributed by atoms with E-state index in [1.54, 1.807) is 0 Å². The van der Waals surface area contributed by atoms with Gasteiger partial charge in [-0.05, 0) is 37.5 Å². The van der Waals surface area contributed by atoms with Gasteiger partial charge in [-0.1, -0.05) is 0 Å². The number of nitrogens with zero attached hydrogens (tertiary/aromatic N) is 3. The summed E-state index contributed by atoms with van der Waals surface area (Å²) < 4.78 is 21.1. The molecule has 1 aliphatic carbocycles. The molecular weight excluding hydrogens is 271 g/mol. The highest BCUT2D eigenvalue weighted by Gasteiger charge is 2.20. The van der Waals surface area contributed by atoms with Crippen LogP contribution in [0.2, 0.25) is 0 Å². The second-order valence-electron chi connectivity index (χ2n) is 5.46. The van der Waals surface area contributed by atoms with Crippen molar-refractivity contribution >= 4 is 0 Å². The van der Waals surface area contributed by atoms with E-state index in [2.05, 4.69) is 15.5 Å². The zero-order valence-corrected chi connectivity index (χ0v) is 12.3. The van der Waals surface area contributed by atoms with Crippen LogP contribution >= 0.6 is 0 Å². The number of hydrogen-bond donors (Lipinski definition) is 1. The number of benzene rings is 1. The molecule has 0 amide bonds. The maximum Gasteiger partial charge on any atom is 0.170 e. The summed E-state index contributed by atoms with van der Waals surface area (Å²) in [6.07, 6.45) is 2.42. The number of rotatable bonds is 6. The van der Waals surface area contributed by atoms with Gasteiger partial charge in [0.05, 0.1) is 0 Å². The van der Waals surface area contributed by atoms with Crippen molar-refractivity contribution in [1.82, 2.24) is 20.1 Å². The van der Waals surface area contributed by atoms with Gasteiger partial charge in [0.25, 0.3) is 0 Å². The number of ether oxygens (including phenoxy) is 1. The van der Waals surface area contributed by atoms with Crippen molar-refractivity contribution in [1.29, 1.82) is 0 Å². The molecule has 3 rings (SSSR count). The van der Waals surface area contributed by atoms with Gasteiger partial charge in [0.15, 0.2) is 5.82 Å². The largest absolute Gasteiger partial charge is 0.485 e. The summed E-state index contributed by atoms with van der Waals surface area (Å²) in [5.74, 6) is 1.77. The Morgan fingerprint density at radius 1 is 1.33 bits per heavy atom. The number of halogens is 1. The number of aromatic nitrogens is 3. The van der Waals surface area contributed by atoms with Gasteiger partial charge in [-0.3, -0.25) is 0 Å². The van der Waals surface area contributed by atoms with E-state index in [1.165, 1.54) is 25.0 Å². The topological polar surface area (TPSA) is 52.0 Å². The molecule has 0 bridgehead atoms. The van der Waals surface area contributed by atoms with Crippen molar-refractivity contribution in [3.05, 3.63) is 41.2 Å². The van der Waals surface area contributed by atoms with E-state index in [0.717, 1.165) is 17.2 Å². The zero-order chi connectivity index (χ0) is 14.8. The smallest absolute Gasteiger partial charge is 0.170 e. The first-order valence-electron chi connectivity index (χ1n) is 7.12. The minimum atomic E-state index is -0.283. The predicted octanol–water partition coefficient (Wildman–Crippen LogP) is 2.09. The number of aryl methyl sites for hydroxylation is 1. The first kappa shape index (κ1) is 14.0. The zero-order valence-electron chi connectivity index (χ0n) is 12.3. The first-order chi connectivity index (χ1) is 10.1. The monoisotopic (exact) mass is 290 g/mol. The minimum absolute atomic E-state index is 0.274. The lowest BCUT2D eigenvalue weighted by molar-refractivity contribution is 0.289. The van der Waals surface area contributed by atoms with E-state index in [0.29, 0.717) is 18.3 Å². The second-order valence-corrected chi connectivity index (χ2v) is 5.46. The van der Waals surface area contributed by atoms with E-state index >= 15 is 0 Å². The summed E-state index contributed by atoms with van der Waals surface area (Å²) in [5, 5.41) is 11.4. The Morgan fingerprint density at radius 3 is 2.81 bits per heavy atom. The quantitative estimate of drug-likeness (QED) is 0.885. The third kappa shape index (κ3) is 3.58. The van der Waals surface area contributed by atoms with Crippen molar-refractivity contribution in [2.45, 2.75) is 39.0 Å². The maximum atomic E-state index is 13.6. The van der Waals surface area contributed by atoms with Crippen molar-refractivity contribution in [3.8, 4) is 5.75 Å². The van der Waals surface area contributed by atoms with Crippen LogP contribution in [0.3, 0.4) is 0 Å². The molecule has 0 saturated heterocycles. The third-order valence-electron chi connectivity index (χ3n) is 3.65. The molecule has 1 saturated carbocycles. The van der Waals surface area contributed by atoms with Crippen molar-refractivity contribution in [2.24, 2.45) is 7.05 Å².